The number of rotatable bonds is 5. The molecule has 6 heteroatoms. The Morgan fingerprint density at radius 1 is 1.47 bits per heavy atom. The van der Waals surface area contributed by atoms with Crippen LogP contribution in [0.2, 0.25) is 5.02 Å². The molecule has 0 radical (unpaired) electrons. The van der Waals surface area contributed by atoms with Gasteiger partial charge >= 0.3 is 0 Å². The summed E-state index contributed by atoms with van der Waals surface area (Å²) in [5.41, 5.74) is 0.456. The van der Waals surface area contributed by atoms with Gasteiger partial charge in [0.05, 0.1) is 11.1 Å². The van der Waals surface area contributed by atoms with Crippen molar-refractivity contribution in [2.45, 2.75) is 25.8 Å². The van der Waals surface area contributed by atoms with Gasteiger partial charge in [0.25, 0.3) is 0 Å². The van der Waals surface area contributed by atoms with E-state index in [0.717, 1.165) is 6.42 Å². The molecule has 1 N–H and O–H groups in total. The van der Waals surface area contributed by atoms with Gasteiger partial charge in [-0.15, -0.1) is 0 Å². The molecule has 0 fully saturated rings. The fraction of sp³-hybridized carbons (Fsp3) is 0.385. The quantitative estimate of drug-likeness (QED) is 0.916. The number of aromatic nitrogens is 2. The molecule has 0 aliphatic carbocycles. The van der Waals surface area contributed by atoms with Gasteiger partial charge < -0.3 is 9.84 Å². The first-order valence-corrected chi connectivity index (χ1v) is 6.46. The van der Waals surface area contributed by atoms with Crippen molar-refractivity contribution in [2.75, 3.05) is 7.05 Å². The molecule has 2 aromatic rings. The summed E-state index contributed by atoms with van der Waals surface area (Å²) in [5.74, 6) is 0.531. The van der Waals surface area contributed by atoms with E-state index in [1.807, 2.05) is 14.0 Å². The molecule has 1 heterocycles. The van der Waals surface area contributed by atoms with Gasteiger partial charge in [0.15, 0.2) is 5.82 Å². The lowest BCUT2D eigenvalue weighted by Crippen LogP contribution is -2.15. The molecule has 0 aliphatic rings. The lowest BCUT2D eigenvalue weighted by Gasteiger charge is -2.06. The van der Waals surface area contributed by atoms with E-state index < -0.39 is 5.82 Å². The summed E-state index contributed by atoms with van der Waals surface area (Å²) in [5, 5.41) is 7.04. The molecule has 0 saturated carbocycles. The van der Waals surface area contributed by atoms with Crippen LogP contribution in [0, 0.1) is 5.82 Å². The predicted octanol–water partition coefficient (Wildman–Crippen LogP) is 3.12. The van der Waals surface area contributed by atoms with Crippen LogP contribution < -0.4 is 5.32 Å². The van der Waals surface area contributed by atoms with Crippen molar-refractivity contribution in [3.8, 4) is 0 Å². The maximum absolute atomic E-state index is 13.8. The van der Waals surface area contributed by atoms with E-state index in [1.54, 1.807) is 12.1 Å². The Hall–Kier alpha value is -1.46. The molecule has 0 saturated heterocycles. The van der Waals surface area contributed by atoms with Crippen LogP contribution in [0.25, 0.3) is 0 Å². The Bertz CT molecular complexity index is 555. The summed E-state index contributed by atoms with van der Waals surface area (Å²) in [6.07, 6.45) is 1.10. The molecule has 4 nitrogen and oxygen atoms in total. The van der Waals surface area contributed by atoms with Gasteiger partial charge in [0.2, 0.25) is 5.89 Å². The monoisotopic (exact) mass is 283 g/mol. The molecule has 0 bridgehead atoms. The first kappa shape index (κ1) is 14.0. The second-order valence-corrected chi connectivity index (χ2v) is 4.60. The standard InChI is InChI=1S/C13H15ClFN3O/c1-3-10(16-2)13-17-11(18-19-13)7-8-5-4-6-9(14)12(8)15/h4-6,10,16H,3,7H2,1-2H3. The van der Waals surface area contributed by atoms with Crippen LogP contribution in [0.4, 0.5) is 4.39 Å². The number of hydrogen-bond acceptors (Lipinski definition) is 4. The molecule has 0 amide bonds. The average molecular weight is 284 g/mol. The lowest BCUT2D eigenvalue weighted by molar-refractivity contribution is 0.331. The Labute approximate surface area is 116 Å². The summed E-state index contributed by atoms with van der Waals surface area (Å²) >= 11 is 5.73. The van der Waals surface area contributed by atoms with Crippen LogP contribution >= 0.6 is 11.6 Å². The first-order valence-electron chi connectivity index (χ1n) is 6.08. The minimum Gasteiger partial charge on any atom is -0.338 e. The SMILES string of the molecule is CCC(NC)c1nc(Cc2cccc(Cl)c2F)no1. The maximum Gasteiger partial charge on any atom is 0.243 e. The fourth-order valence-corrected chi connectivity index (χ4v) is 2.03. The minimum atomic E-state index is -0.434. The number of nitrogens with zero attached hydrogens (tertiary/aromatic N) is 2. The van der Waals surface area contributed by atoms with E-state index in [9.17, 15) is 4.39 Å². The van der Waals surface area contributed by atoms with E-state index in [-0.39, 0.29) is 17.5 Å². The van der Waals surface area contributed by atoms with E-state index in [1.165, 1.54) is 6.07 Å². The average Bonchev–Trinajstić information content (AvgIpc) is 2.85. The third kappa shape index (κ3) is 3.11. The number of hydrogen-bond donors (Lipinski definition) is 1. The summed E-state index contributed by atoms with van der Waals surface area (Å²) in [7, 11) is 1.83. The minimum absolute atomic E-state index is 0.0189. The second-order valence-electron chi connectivity index (χ2n) is 4.19. The van der Waals surface area contributed by atoms with Crippen molar-refractivity contribution >= 4 is 11.6 Å². The molecule has 0 aliphatic heterocycles. The van der Waals surface area contributed by atoms with Crippen LogP contribution in [0.5, 0.6) is 0 Å². The molecule has 19 heavy (non-hydrogen) atoms. The molecule has 0 spiro atoms. The third-order valence-electron chi connectivity index (χ3n) is 2.92. The van der Waals surface area contributed by atoms with Gasteiger partial charge in [-0.25, -0.2) is 4.39 Å². The van der Waals surface area contributed by atoms with Gasteiger partial charge in [-0.1, -0.05) is 35.8 Å². The highest BCUT2D eigenvalue weighted by molar-refractivity contribution is 6.30. The van der Waals surface area contributed by atoms with Gasteiger partial charge in [-0.2, -0.15) is 4.98 Å². The fourth-order valence-electron chi connectivity index (χ4n) is 1.84. The van der Waals surface area contributed by atoms with E-state index in [2.05, 4.69) is 15.5 Å². The van der Waals surface area contributed by atoms with Crippen molar-refractivity contribution in [1.29, 1.82) is 0 Å². The lowest BCUT2D eigenvalue weighted by atomic mass is 10.1. The molecular formula is C13H15ClFN3O. The Morgan fingerprint density at radius 2 is 2.26 bits per heavy atom. The zero-order chi connectivity index (χ0) is 13.8. The van der Waals surface area contributed by atoms with Crippen LogP contribution in [-0.2, 0) is 6.42 Å². The maximum atomic E-state index is 13.8. The summed E-state index contributed by atoms with van der Waals surface area (Å²) in [4.78, 5) is 4.27. The van der Waals surface area contributed by atoms with Crippen LogP contribution in [0.1, 0.15) is 36.7 Å². The highest BCUT2D eigenvalue weighted by Crippen LogP contribution is 2.20. The molecule has 1 aromatic carbocycles. The van der Waals surface area contributed by atoms with Crippen molar-refractivity contribution < 1.29 is 8.91 Å². The number of halogens is 2. The largest absolute Gasteiger partial charge is 0.338 e. The third-order valence-corrected chi connectivity index (χ3v) is 3.21. The van der Waals surface area contributed by atoms with Gasteiger partial charge in [0.1, 0.15) is 5.82 Å². The van der Waals surface area contributed by atoms with Crippen molar-refractivity contribution in [2.24, 2.45) is 0 Å². The highest BCUT2D eigenvalue weighted by Gasteiger charge is 2.16. The Balaban J connectivity index is 2.18. The Kier molecular flexibility index (Phi) is 4.50. The van der Waals surface area contributed by atoms with Crippen LogP contribution in [0.15, 0.2) is 22.7 Å². The van der Waals surface area contributed by atoms with Crippen LogP contribution in [0.3, 0.4) is 0 Å². The molecule has 1 aromatic heterocycles. The molecule has 1 unspecified atom stereocenters. The summed E-state index contributed by atoms with van der Waals surface area (Å²) < 4.78 is 18.9. The van der Waals surface area contributed by atoms with Gasteiger partial charge in [-0.3, -0.25) is 0 Å². The Morgan fingerprint density at radius 3 is 2.95 bits per heavy atom. The zero-order valence-corrected chi connectivity index (χ0v) is 11.5. The van der Waals surface area contributed by atoms with Gasteiger partial charge in [0, 0.05) is 6.42 Å². The highest BCUT2D eigenvalue weighted by atomic mass is 35.5. The van der Waals surface area contributed by atoms with Crippen molar-refractivity contribution in [3.63, 3.8) is 0 Å². The van der Waals surface area contributed by atoms with E-state index in [4.69, 9.17) is 16.1 Å². The second kappa shape index (κ2) is 6.12. The summed E-state index contributed by atoms with van der Waals surface area (Å²) in [6.45, 7) is 2.02. The zero-order valence-electron chi connectivity index (χ0n) is 10.8. The topological polar surface area (TPSA) is 51.0 Å². The van der Waals surface area contributed by atoms with E-state index >= 15 is 0 Å². The normalized spacial score (nSPS) is 12.6. The smallest absolute Gasteiger partial charge is 0.243 e. The molecular weight excluding hydrogens is 269 g/mol. The predicted molar refractivity (Wildman–Crippen MR) is 70.6 cm³/mol. The molecule has 2 rings (SSSR count). The molecule has 102 valence electrons. The van der Waals surface area contributed by atoms with Crippen molar-refractivity contribution in [1.82, 2.24) is 15.5 Å². The van der Waals surface area contributed by atoms with Gasteiger partial charge in [-0.05, 0) is 25.1 Å². The summed E-state index contributed by atoms with van der Waals surface area (Å²) in [6, 6.07) is 4.89. The number of benzene rings is 1. The van der Waals surface area contributed by atoms with Crippen LogP contribution in [-0.4, -0.2) is 17.2 Å². The molecule has 1 atom stereocenters. The van der Waals surface area contributed by atoms with E-state index in [0.29, 0.717) is 17.3 Å². The van der Waals surface area contributed by atoms with Crippen molar-refractivity contribution in [3.05, 3.63) is 46.3 Å². The first-order chi connectivity index (χ1) is 9.15. The number of nitrogens with one attached hydrogen (secondary N) is 1.